The zero-order valence-corrected chi connectivity index (χ0v) is 29.0. The van der Waals surface area contributed by atoms with Gasteiger partial charge in [-0.2, -0.15) is 15.1 Å². The van der Waals surface area contributed by atoms with Crippen LogP contribution in [0.15, 0.2) is 30.5 Å². The lowest BCUT2D eigenvalue weighted by atomic mass is 10.2. The maximum absolute atomic E-state index is 9.87. The fourth-order valence-corrected chi connectivity index (χ4v) is 6.59. The predicted molar refractivity (Wildman–Crippen MR) is 179 cm³/mol. The number of terminal acetylenes is 1. The third-order valence-corrected chi connectivity index (χ3v) is 9.81. The van der Waals surface area contributed by atoms with Gasteiger partial charge in [0.05, 0.1) is 76.4 Å². The zero-order valence-electron chi connectivity index (χ0n) is 25.7. The number of fused-ring (bicyclic) bond motifs is 1. The zero-order chi connectivity index (χ0) is 33.4. The quantitative estimate of drug-likeness (QED) is 0.0586. The number of nitrogens with zero attached hydrogens (tertiary/aromatic N) is 5. The van der Waals surface area contributed by atoms with Gasteiger partial charge in [0.15, 0.2) is 28.6 Å². The molecule has 1 aromatic carbocycles. The summed E-state index contributed by atoms with van der Waals surface area (Å²) in [7, 11) is -4.16. The molecule has 3 N–H and O–H groups in total. The smallest absolute Gasteiger partial charge is 0.226 e. The Morgan fingerprint density at radius 1 is 0.979 bits per heavy atom. The number of benzene rings is 1. The third-order valence-electron chi connectivity index (χ3n) is 6.85. The Bertz CT molecular complexity index is 1420. The number of hydrogen-bond donors (Lipinski definition) is 3. The third kappa shape index (κ3) is 12.6. The first-order valence-corrected chi connectivity index (χ1v) is 18.5. The van der Waals surface area contributed by atoms with E-state index in [4.69, 9.17) is 67.6 Å². The average Bonchev–Trinajstić information content (AvgIpc) is 3.69. The Balaban J connectivity index is 1.36. The molecule has 3 unspecified atom stereocenters. The minimum absolute atomic E-state index is 0.0471. The molecule has 1 saturated heterocycles. The highest BCUT2D eigenvalue weighted by Crippen LogP contribution is 2.44. The second-order valence-electron chi connectivity index (χ2n) is 10.2. The molecule has 4 rings (SSSR count). The second-order valence-corrected chi connectivity index (χ2v) is 13.8. The lowest BCUT2D eigenvalue weighted by Crippen LogP contribution is -2.29. The van der Waals surface area contributed by atoms with Gasteiger partial charge < -0.3 is 47.8 Å². The summed E-state index contributed by atoms with van der Waals surface area (Å²) in [6.45, 7) is 4.26. The largest absolute Gasteiger partial charge is 0.377 e. The van der Waals surface area contributed by atoms with Crippen molar-refractivity contribution in [3.63, 3.8) is 0 Å². The van der Waals surface area contributed by atoms with Gasteiger partial charge in [-0.3, -0.25) is 0 Å². The Kier molecular flexibility index (Phi) is 16.7. The van der Waals surface area contributed by atoms with E-state index in [0.717, 1.165) is 5.56 Å². The fourth-order valence-electron chi connectivity index (χ4n) is 4.70. The van der Waals surface area contributed by atoms with Crippen molar-refractivity contribution in [2.24, 2.45) is 0 Å². The van der Waals surface area contributed by atoms with Gasteiger partial charge in [0.1, 0.15) is 12.4 Å². The van der Waals surface area contributed by atoms with Gasteiger partial charge >= 0.3 is 0 Å². The van der Waals surface area contributed by atoms with Crippen LogP contribution in [0.5, 0.6) is 0 Å². The van der Waals surface area contributed by atoms with Crippen LogP contribution in [0.25, 0.3) is 11.0 Å². The minimum Gasteiger partial charge on any atom is -0.377 e. The molecule has 258 valence electrons. The van der Waals surface area contributed by atoms with Gasteiger partial charge in [-0.25, -0.2) is 4.68 Å². The van der Waals surface area contributed by atoms with Crippen molar-refractivity contribution in [3.8, 4) is 12.3 Å². The molecule has 3 aromatic rings. The van der Waals surface area contributed by atoms with E-state index < -0.39 is 23.0 Å². The molecule has 3 heterocycles. The molecule has 18 heteroatoms. The summed E-state index contributed by atoms with van der Waals surface area (Å²) in [5, 5.41) is 5.93. The molecule has 14 nitrogen and oxygen atoms in total. The number of anilines is 1. The molecule has 0 bridgehead atoms. The van der Waals surface area contributed by atoms with Crippen LogP contribution in [0, 0.1) is 12.3 Å². The van der Waals surface area contributed by atoms with Crippen molar-refractivity contribution < 1.29 is 42.9 Å². The van der Waals surface area contributed by atoms with Crippen LogP contribution in [-0.2, 0) is 34.8 Å². The van der Waals surface area contributed by atoms with Crippen molar-refractivity contribution >= 4 is 56.8 Å². The van der Waals surface area contributed by atoms with Crippen LogP contribution in [0.3, 0.4) is 0 Å². The van der Waals surface area contributed by atoms with E-state index in [1.807, 2.05) is 29.2 Å². The number of rotatable bonds is 22. The van der Waals surface area contributed by atoms with Crippen LogP contribution < -0.4 is 4.90 Å². The maximum atomic E-state index is 9.87. The predicted octanol–water partition coefficient (Wildman–Crippen LogP) is 4.09. The van der Waals surface area contributed by atoms with E-state index in [1.54, 1.807) is 10.9 Å². The van der Waals surface area contributed by atoms with Crippen molar-refractivity contribution in [2.75, 3.05) is 76.8 Å². The first-order valence-electron chi connectivity index (χ1n) is 14.9. The summed E-state index contributed by atoms with van der Waals surface area (Å²) in [5.41, 5.74) is 1.41. The van der Waals surface area contributed by atoms with Crippen molar-refractivity contribution in [1.82, 2.24) is 19.7 Å². The van der Waals surface area contributed by atoms with Gasteiger partial charge in [-0.1, -0.05) is 35.7 Å². The molecule has 0 amide bonds. The summed E-state index contributed by atoms with van der Waals surface area (Å²) < 4.78 is 35.2. The Morgan fingerprint density at radius 2 is 1.68 bits per heavy atom. The molecule has 2 aromatic heterocycles. The number of aromatic nitrogens is 4. The summed E-state index contributed by atoms with van der Waals surface area (Å²) in [5.74, 6) is 2.79. The monoisotopic (exact) mass is 733 g/mol. The van der Waals surface area contributed by atoms with E-state index in [2.05, 4.69) is 21.0 Å². The molecule has 0 spiro atoms. The Morgan fingerprint density at radius 3 is 2.38 bits per heavy atom. The highest BCUT2D eigenvalue weighted by molar-refractivity contribution is 7.63. The standard InChI is InChI=1S/C29H39Cl2N5O9P2/c1-2-10-40-12-14-42-16-17-43-15-13-41-11-9-35(19-22-5-3-4-6-25(22)30)27-24-18-32-36(28(24)34-29(31)33-27)26-8-7-23(45-26)20-44-47(39)21-46(37)38/h1,3-6,18,23,26,37-39H,7-17,19-21H2. The lowest BCUT2D eigenvalue weighted by Gasteiger charge is -2.25. The van der Waals surface area contributed by atoms with Gasteiger partial charge in [-0.15, -0.1) is 6.42 Å². The number of halogens is 2. The van der Waals surface area contributed by atoms with Crippen molar-refractivity contribution in [2.45, 2.75) is 31.7 Å². The first-order chi connectivity index (χ1) is 22.9. The highest BCUT2D eigenvalue weighted by Gasteiger charge is 2.31. The van der Waals surface area contributed by atoms with Gasteiger partial charge in [0.25, 0.3) is 0 Å². The molecule has 0 radical (unpaired) electrons. The van der Waals surface area contributed by atoms with Crippen molar-refractivity contribution in [3.05, 3.63) is 46.3 Å². The maximum Gasteiger partial charge on any atom is 0.226 e. The molecule has 1 aliphatic rings. The van der Waals surface area contributed by atoms with Gasteiger partial charge in [0, 0.05) is 18.1 Å². The minimum atomic E-state index is -2.23. The number of hydrogen-bond acceptors (Lipinski definition) is 13. The van der Waals surface area contributed by atoms with Crippen LogP contribution >= 0.6 is 40.0 Å². The Labute approximate surface area is 286 Å². The summed E-state index contributed by atoms with van der Waals surface area (Å²) in [6.07, 6.45) is 7.36. The van der Waals surface area contributed by atoms with Crippen LogP contribution in [0.4, 0.5) is 5.82 Å². The topological polar surface area (TPSA) is 163 Å². The molecular formula is C29H39Cl2N5O9P2. The summed E-state index contributed by atoms with van der Waals surface area (Å²) >= 11 is 13.0. The summed E-state index contributed by atoms with van der Waals surface area (Å²) in [4.78, 5) is 39.2. The molecule has 0 saturated carbocycles. The van der Waals surface area contributed by atoms with Crippen molar-refractivity contribution in [1.29, 1.82) is 0 Å². The van der Waals surface area contributed by atoms with E-state index in [-0.39, 0.29) is 30.5 Å². The summed E-state index contributed by atoms with van der Waals surface area (Å²) in [6, 6.07) is 7.58. The molecule has 47 heavy (non-hydrogen) atoms. The molecule has 3 atom stereocenters. The van der Waals surface area contributed by atoms with Gasteiger partial charge in [-0.05, 0) is 36.1 Å². The van der Waals surface area contributed by atoms with E-state index in [9.17, 15) is 4.89 Å². The normalized spacial score (nSPS) is 17.0. The average molecular weight is 735 g/mol. The van der Waals surface area contributed by atoms with E-state index >= 15 is 0 Å². The first kappa shape index (κ1) is 38.0. The molecule has 0 aliphatic carbocycles. The molecule has 1 aliphatic heterocycles. The number of ether oxygens (including phenoxy) is 5. The highest BCUT2D eigenvalue weighted by atomic mass is 35.5. The fraction of sp³-hybridized carbons (Fsp3) is 0.552. The van der Waals surface area contributed by atoms with E-state index in [1.165, 1.54) is 0 Å². The Hall–Kier alpha value is -1.79. The van der Waals surface area contributed by atoms with Crippen LogP contribution in [0.2, 0.25) is 10.3 Å². The molecular weight excluding hydrogens is 695 g/mol. The second kappa shape index (κ2) is 20.7. The van der Waals surface area contributed by atoms with Crippen LogP contribution in [-0.4, -0.2) is 112 Å². The van der Waals surface area contributed by atoms with E-state index in [0.29, 0.717) is 94.1 Å². The van der Waals surface area contributed by atoms with Gasteiger partial charge in [0.2, 0.25) is 5.28 Å². The van der Waals surface area contributed by atoms with Crippen LogP contribution in [0.1, 0.15) is 24.6 Å². The SMILES string of the molecule is C#CCOCCOCCOCCOCCN(Cc1ccccc1Cl)c1nc(Cl)nc2c1cnn2C1CCC(COP(O)CP(O)O)O1. The molecule has 1 fully saturated rings. The lowest BCUT2D eigenvalue weighted by molar-refractivity contribution is -0.0213.